The van der Waals surface area contributed by atoms with Gasteiger partial charge in [-0.25, -0.2) is 9.18 Å². The number of benzene rings is 1. The first-order valence-electron chi connectivity index (χ1n) is 5.30. The van der Waals surface area contributed by atoms with Gasteiger partial charge in [0.05, 0.1) is 6.61 Å². The van der Waals surface area contributed by atoms with E-state index in [-0.39, 0.29) is 11.3 Å². The summed E-state index contributed by atoms with van der Waals surface area (Å²) in [7, 11) is 0. The average molecular weight is 226 g/mol. The Morgan fingerprint density at radius 3 is 2.81 bits per heavy atom. The molecule has 1 rings (SSSR count). The van der Waals surface area contributed by atoms with E-state index < -0.39 is 11.8 Å². The summed E-state index contributed by atoms with van der Waals surface area (Å²) < 4.78 is 18.1. The maximum absolute atomic E-state index is 12.8. The standard InChI is InChI=1S/C12H15FO3/c1-2-3-4-7-16-11-6-5-9(13)8-10(11)12(14)15/h5-6,8H,2-4,7H2,1H3,(H,14,15). The minimum Gasteiger partial charge on any atom is -0.493 e. The Morgan fingerprint density at radius 1 is 1.44 bits per heavy atom. The van der Waals surface area contributed by atoms with Crippen molar-refractivity contribution >= 4 is 5.97 Å². The van der Waals surface area contributed by atoms with Gasteiger partial charge in [0.25, 0.3) is 0 Å². The molecular weight excluding hydrogens is 211 g/mol. The largest absolute Gasteiger partial charge is 0.493 e. The highest BCUT2D eigenvalue weighted by atomic mass is 19.1. The molecule has 0 aliphatic carbocycles. The Morgan fingerprint density at radius 2 is 2.19 bits per heavy atom. The summed E-state index contributed by atoms with van der Waals surface area (Å²) in [6.07, 6.45) is 2.97. The van der Waals surface area contributed by atoms with Gasteiger partial charge in [-0.15, -0.1) is 0 Å². The first kappa shape index (κ1) is 12.5. The molecule has 1 N–H and O–H groups in total. The molecule has 1 aromatic carbocycles. The maximum atomic E-state index is 12.8. The number of carboxylic acid groups (broad SMARTS) is 1. The van der Waals surface area contributed by atoms with E-state index >= 15 is 0 Å². The Bertz CT molecular complexity index is 363. The van der Waals surface area contributed by atoms with Crippen LogP contribution in [0.25, 0.3) is 0 Å². The second kappa shape index (κ2) is 6.10. The summed E-state index contributed by atoms with van der Waals surface area (Å²) in [5.41, 5.74) is -0.128. The molecule has 0 spiro atoms. The van der Waals surface area contributed by atoms with E-state index in [0.29, 0.717) is 6.61 Å². The smallest absolute Gasteiger partial charge is 0.339 e. The van der Waals surface area contributed by atoms with E-state index in [0.717, 1.165) is 25.3 Å². The highest BCUT2D eigenvalue weighted by molar-refractivity contribution is 5.90. The van der Waals surface area contributed by atoms with Crippen molar-refractivity contribution < 1.29 is 19.0 Å². The summed E-state index contributed by atoms with van der Waals surface area (Å²) in [4.78, 5) is 10.8. The number of carboxylic acids is 1. The molecule has 0 radical (unpaired) electrons. The number of hydrogen-bond donors (Lipinski definition) is 1. The fourth-order valence-electron chi connectivity index (χ4n) is 1.33. The van der Waals surface area contributed by atoms with Gasteiger partial charge in [0, 0.05) is 0 Å². The third-order valence-electron chi connectivity index (χ3n) is 2.18. The van der Waals surface area contributed by atoms with Crippen molar-refractivity contribution in [3.8, 4) is 5.75 Å². The van der Waals surface area contributed by atoms with Crippen molar-refractivity contribution in [2.45, 2.75) is 26.2 Å². The normalized spacial score (nSPS) is 10.1. The van der Waals surface area contributed by atoms with Crippen LogP contribution in [0.15, 0.2) is 18.2 Å². The molecule has 0 heterocycles. The minimum atomic E-state index is -1.18. The first-order valence-corrected chi connectivity index (χ1v) is 5.30. The highest BCUT2D eigenvalue weighted by Gasteiger charge is 2.12. The number of hydrogen-bond acceptors (Lipinski definition) is 2. The van der Waals surface area contributed by atoms with E-state index in [4.69, 9.17) is 9.84 Å². The quantitative estimate of drug-likeness (QED) is 0.758. The average Bonchev–Trinajstić information content (AvgIpc) is 2.26. The lowest BCUT2D eigenvalue weighted by Gasteiger charge is -2.08. The number of unbranched alkanes of at least 4 members (excludes halogenated alkanes) is 2. The third kappa shape index (κ3) is 3.53. The van der Waals surface area contributed by atoms with Gasteiger partial charge in [0.15, 0.2) is 0 Å². The van der Waals surface area contributed by atoms with Gasteiger partial charge in [-0.05, 0) is 24.6 Å². The van der Waals surface area contributed by atoms with E-state index in [2.05, 4.69) is 6.92 Å². The van der Waals surface area contributed by atoms with Crippen LogP contribution in [-0.2, 0) is 0 Å². The molecule has 0 amide bonds. The van der Waals surface area contributed by atoms with E-state index in [1.54, 1.807) is 0 Å². The zero-order chi connectivity index (χ0) is 12.0. The Hall–Kier alpha value is -1.58. The van der Waals surface area contributed by atoms with Gasteiger partial charge in [-0.3, -0.25) is 0 Å². The van der Waals surface area contributed by atoms with Gasteiger partial charge in [-0.1, -0.05) is 19.8 Å². The summed E-state index contributed by atoms with van der Waals surface area (Å²) in [5, 5.41) is 8.85. The second-order valence-corrected chi connectivity index (χ2v) is 3.50. The molecule has 0 saturated heterocycles. The van der Waals surface area contributed by atoms with Crippen molar-refractivity contribution in [1.82, 2.24) is 0 Å². The number of halogens is 1. The zero-order valence-corrected chi connectivity index (χ0v) is 9.20. The van der Waals surface area contributed by atoms with Crippen LogP contribution in [0.5, 0.6) is 5.75 Å². The Labute approximate surface area is 93.9 Å². The van der Waals surface area contributed by atoms with Crippen LogP contribution in [0.4, 0.5) is 4.39 Å². The topological polar surface area (TPSA) is 46.5 Å². The molecule has 0 fully saturated rings. The molecule has 0 aromatic heterocycles. The Kier molecular flexibility index (Phi) is 4.76. The third-order valence-corrected chi connectivity index (χ3v) is 2.18. The summed E-state index contributed by atoms with van der Waals surface area (Å²) >= 11 is 0. The Balaban J connectivity index is 2.67. The predicted octanol–water partition coefficient (Wildman–Crippen LogP) is 3.09. The fraction of sp³-hybridized carbons (Fsp3) is 0.417. The molecule has 0 unspecified atom stereocenters. The molecule has 0 atom stereocenters. The van der Waals surface area contributed by atoms with Crippen LogP contribution in [0.1, 0.15) is 36.5 Å². The molecule has 3 nitrogen and oxygen atoms in total. The minimum absolute atomic E-state index is 0.128. The van der Waals surface area contributed by atoms with Crippen LogP contribution in [0.3, 0.4) is 0 Å². The van der Waals surface area contributed by atoms with Crippen molar-refractivity contribution in [1.29, 1.82) is 0 Å². The summed E-state index contributed by atoms with van der Waals surface area (Å²) in [5.74, 6) is -1.52. The van der Waals surface area contributed by atoms with Gasteiger partial charge < -0.3 is 9.84 Å². The van der Waals surface area contributed by atoms with Gasteiger partial charge in [0.2, 0.25) is 0 Å². The van der Waals surface area contributed by atoms with Crippen LogP contribution < -0.4 is 4.74 Å². The highest BCUT2D eigenvalue weighted by Crippen LogP contribution is 2.20. The molecular formula is C12H15FO3. The number of ether oxygens (including phenoxy) is 1. The first-order chi connectivity index (χ1) is 7.65. The van der Waals surface area contributed by atoms with Crippen molar-refractivity contribution in [2.75, 3.05) is 6.61 Å². The predicted molar refractivity (Wildman–Crippen MR) is 58.4 cm³/mol. The lowest BCUT2D eigenvalue weighted by molar-refractivity contribution is 0.0691. The van der Waals surface area contributed by atoms with Crippen molar-refractivity contribution in [3.63, 3.8) is 0 Å². The number of aromatic carboxylic acids is 1. The van der Waals surface area contributed by atoms with E-state index in [1.165, 1.54) is 12.1 Å². The van der Waals surface area contributed by atoms with Crippen molar-refractivity contribution in [2.24, 2.45) is 0 Å². The number of rotatable bonds is 6. The van der Waals surface area contributed by atoms with Crippen LogP contribution >= 0.6 is 0 Å². The van der Waals surface area contributed by atoms with Crippen LogP contribution in [-0.4, -0.2) is 17.7 Å². The summed E-state index contributed by atoms with van der Waals surface area (Å²) in [6.45, 7) is 2.53. The monoisotopic (exact) mass is 226 g/mol. The molecule has 4 heteroatoms. The molecule has 16 heavy (non-hydrogen) atoms. The maximum Gasteiger partial charge on any atom is 0.339 e. The van der Waals surface area contributed by atoms with E-state index in [9.17, 15) is 9.18 Å². The molecule has 1 aromatic rings. The number of carbonyl (C=O) groups is 1. The molecule has 0 saturated carbocycles. The molecule has 0 aliphatic heterocycles. The molecule has 0 aliphatic rings. The summed E-state index contributed by atoms with van der Waals surface area (Å²) in [6, 6.07) is 3.52. The lowest BCUT2D eigenvalue weighted by atomic mass is 10.2. The van der Waals surface area contributed by atoms with Crippen LogP contribution in [0, 0.1) is 5.82 Å². The van der Waals surface area contributed by atoms with Crippen molar-refractivity contribution in [3.05, 3.63) is 29.6 Å². The lowest BCUT2D eigenvalue weighted by Crippen LogP contribution is -2.05. The van der Waals surface area contributed by atoms with Crippen LogP contribution in [0.2, 0.25) is 0 Å². The van der Waals surface area contributed by atoms with Gasteiger partial charge in [0.1, 0.15) is 17.1 Å². The van der Waals surface area contributed by atoms with Gasteiger partial charge in [-0.2, -0.15) is 0 Å². The van der Waals surface area contributed by atoms with Gasteiger partial charge >= 0.3 is 5.97 Å². The SMILES string of the molecule is CCCCCOc1ccc(F)cc1C(=O)O. The second-order valence-electron chi connectivity index (χ2n) is 3.50. The molecule has 88 valence electrons. The fourth-order valence-corrected chi connectivity index (χ4v) is 1.33. The van der Waals surface area contributed by atoms with E-state index in [1.807, 2.05) is 0 Å². The zero-order valence-electron chi connectivity index (χ0n) is 9.20. The molecule has 0 bridgehead atoms.